The second kappa shape index (κ2) is 24.4. The minimum Gasteiger partial charge on any atom is -0.477 e. The Morgan fingerprint density at radius 3 is 1.63 bits per heavy atom. The van der Waals surface area contributed by atoms with Gasteiger partial charge in [0.1, 0.15) is 97.6 Å². The van der Waals surface area contributed by atoms with E-state index in [0.29, 0.717) is 0 Å². The molecule has 5 heterocycles. The van der Waals surface area contributed by atoms with Crippen molar-refractivity contribution < 1.29 is 149 Å². The van der Waals surface area contributed by atoms with Crippen LogP contribution in [0.15, 0.2) is 0 Å². The van der Waals surface area contributed by atoms with Crippen molar-refractivity contribution in [2.24, 2.45) is 11.8 Å². The van der Waals surface area contributed by atoms with Gasteiger partial charge in [0.15, 0.2) is 18.9 Å². The fourth-order valence-electron chi connectivity index (χ4n) is 9.20. The lowest BCUT2D eigenvalue weighted by Crippen LogP contribution is -2.70. The molecule has 0 spiro atoms. The van der Waals surface area contributed by atoms with Crippen molar-refractivity contribution in [1.29, 1.82) is 0 Å². The van der Waals surface area contributed by atoms with Crippen LogP contribution in [0.3, 0.4) is 0 Å². The first-order chi connectivity index (χ1) is 33.3. The molecule has 0 aromatic rings. The molecule has 5 fully saturated rings. The first-order valence-corrected chi connectivity index (χ1v) is 22.5. The van der Waals surface area contributed by atoms with Crippen molar-refractivity contribution in [2.75, 3.05) is 33.0 Å². The van der Waals surface area contributed by atoms with Gasteiger partial charge in [0.05, 0.1) is 57.5 Å². The molecule has 5 aliphatic rings. The number of ether oxygens (including phenoxy) is 9. The summed E-state index contributed by atoms with van der Waals surface area (Å²) >= 11 is 0. The van der Waals surface area contributed by atoms with Crippen molar-refractivity contribution in [3.8, 4) is 0 Å². The topological polar surface area (TPSA) is 510 Å². The first kappa shape index (κ1) is 59.3. The Morgan fingerprint density at radius 2 is 1.11 bits per heavy atom. The number of rotatable bonds is 20. The highest BCUT2D eigenvalue weighted by Crippen LogP contribution is 2.43. The molecule has 15 unspecified atom stereocenters. The van der Waals surface area contributed by atoms with Gasteiger partial charge in [-0.1, -0.05) is 13.8 Å². The monoisotopic (exact) mass is 1040 g/mol. The molecule has 0 radical (unpaired) electrons. The third kappa shape index (κ3) is 12.3. The van der Waals surface area contributed by atoms with E-state index in [0.717, 1.165) is 6.92 Å². The Morgan fingerprint density at radius 1 is 0.606 bits per heavy atom. The Bertz CT molecular complexity index is 1750. The summed E-state index contributed by atoms with van der Waals surface area (Å²) in [5, 5.41) is 194. The summed E-state index contributed by atoms with van der Waals surface area (Å²) < 4.78 is 51.5. The first-order valence-electron chi connectivity index (χ1n) is 22.5. The number of hydrogen-bond acceptors (Lipinski definition) is 28. The van der Waals surface area contributed by atoms with Crippen LogP contribution in [0.5, 0.6) is 0 Å². The van der Waals surface area contributed by atoms with Crippen LogP contribution in [-0.2, 0) is 57.0 Å². The quantitative estimate of drug-likeness (QED) is 0.0538. The van der Waals surface area contributed by atoms with E-state index in [1.165, 1.54) is 13.8 Å². The molecule has 412 valence electrons. The predicted molar refractivity (Wildman–Crippen MR) is 219 cm³/mol. The molecule has 0 bridgehead atoms. The maximum atomic E-state index is 13.6. The second-order valence-corrected chi connectivity index (χ2v) is 18.3. The smallest absolute Gasteiger partial charge is 0.364 e. The zero-order valence-corrected chi connectivity index (χ0v) is 38.3. The summed E-state index contributed by atoms with van der Waals surface area (Å²) in [5.41, 5.74) is 0. The van der Waals surface area contributed by atoms with Gasteiger partial charge in [-0.05, 0) is 0 Å². The number of aliphatic carboxylic acids is 2. The van der Waals surface area contributed by atoms with E-state index in [1.807, 2.05) is 0 Å². The van der Waals surface area contributed by atoms with Crippen molar-refractivity contribution in [3.05, 3.63) is 0 Å². The number of amides is 1. The molecule has 19 N–H and O–H groups in total. The number of carbonyl (C=O) groups excluding carboxylic acids is 1. The van der Waals surface area contributed by atoms with E-state index >= 15 is 0 Å². The molecule has 71 heavy (non-hydrogen) atoms. The molecule has 0 aromatic heterocycles. The SMILES string of the molecule is CC(=O)NC1C(O[C@@H]2C(OC3(C(=O)O)C[C@@H](O)[C@@H](C)C(C(O)C(CO)OC4(C(=O)O)C[C@@H](O)[C@@H](C)C(C(O)C(O)CO)O4)O3)C(O)[C@H](O[C@@H]3C(CO)O[C@@H](O)C(O)[C@H]3O)O[C@H]2CO)O[C@@H](CO)[C@H](O)C1O. The molecule has 31 nitrogen and oxygen atoms in total. The van der Waals surface area contributed by atoms with Gasteiger partial charge in [-0.3, -0.25) is 4.79 Å². The second-order valence-electron chi connectivity index (χ2n) is 18.3. The van der Waals surface area contributed by atoms with E-state index in [1.54, 1.807) is 0 Å². The molecule has 5 saturated heterocycles. The Hall–Kier alpha value is -2.59. The van der Waals surface area contributed by atoms with Gasteiger partial charge in [-0.15, -0.1) is 0 Å². The van der Waals surface area contributed by atoms with Crippen molar-refractivity contribution >= 4 is 17.8 Å². The standard InChI is InChI=1S/C40H67NO30/c1-11-14(48)4-39(37(59)60,69-29(11)22(51)16(50)6-42)68-18(8-44)24(53)30-12(2)15(49)5-40(70-30,38(61)62)71-33-28(57)36(66-31-19(9-45)63-34(58)27(56)26(31)55)65-20(10-46)32(33)67-35-21(41-13(3)47)25(54)23(52)17(7-43)64-35/h11-12,14-36,42-46,48-58H,4-10H2,1-3H3,(H,41,47)(H,59,60)(H,61,62)/t11-,12-,14-,15-,16?,17+,18?,19?,20+,21?,22?,23+,24?,25?,26-,27?,28?,29?,30?,31-,32+,33?,34-,35?,36+,39?,40?/m1/s1. The minimum atomic E-state index is -3.32. The largest absolute Gasteiger partial charge is 0.477 e. The maximum absolute atomic E-state index is 13.6. The van der Waals surface area contributed by atoms with Crippen molar-refractivity contribution in [2.45, 2.75) is 186 Å². The Kier molecular flexibility index (Phi) is 20.4. The third-order valence-corrected chi connectivity index (χ3v) is 13.5. The molecular weight excluding hydrogens is 974 g/mol. The highest BCUT2D eigenvalue weighted by Gasteiger charge is 2.62. The molecule has 27 atom stereocenters. The molecule has 0 aliphatic carbocycles. The van der Waals surface area contributed by atoms with Crippen LogP contribution in [0.4, 0.5) is 0 Å². The van der Waals surface area contributed by atoms with Crippen LogP contribution in [-0.4, -0.2) is 295 Å². The number of carboxylic acids is 2. The average Bonchev–Trinajstić information content (AvgIpc) is 3.33. The number of hydrogen-bond donors (Lipinski definition) is 19. The van der Waals surface area contributed by atoms with Crippen LogP contribution in [0.1, 0.15) is 33.6 Å². The Balaban J connectivity index is 1.56. The lowest BCUT2D eigenvalue weighted by molar-refractivity contribution is -0.402. The van der Waals surface area contributed by atoms with Crippen LogP contribution < -0.4 is 5.32 Å². The number of nitrogens with one attached hydrogen (secondary N) is 1. The normalized spacial score (nSPS) is 46.1. The van der Waals surface area contributed by atoms with E-state index in [9.17, 15) is 106 Å². The van der Waals surface area contributed by atoms with Gasteiger partial charge in [0, 0.05) is 31.6 Å². The summed E-state index contributed by atoms with van der Waals surface area (Å²) in [6, 6.07) is -1.74. The molecule has 0 aromatic carbocycles. The number of aliphatic hydroxyl groups excluding tert-OH is 16. The fraction of sp³-hybridized carbons (Fsp3) is 0.925. The number of carbonyl (C=O) groups is 3. The highest BCUT2D eigenvalue weighted by atomic mass is 16.8. The highest BCUT2D eigenvalue weighted by molar-refractivity contribution is 5.76. The Labute approximate surface area is 402 Å². The predicted octanol–water partition coefficient (Wildman–Crippen LogP) is -10.8. The van der Waals surface area contributed by atoms with Crippen LogP contribution in [0.25, 0.3) is 0 Å². The molecular formula is C40H67NO30. The van der Waals surface area contributed by atoms with Gasteiger partial charge in [-0.2, -0.15) is 0 Å². The summed E-state index contributed by atoms with van der Waals surface area (Å²) in [6.07, 6.45) is -46.6. The fourth-order valence-corrected chi connectivity index (χ4v) is 9.20. The average molecular weight is 1040 g/mol. The summed E-state index contributed by atoms with van der Waals surface area (Å²) in [6.45, 7) is -2.04. The van der Waals surface area contributed by atoms with E-state index in [-0.39, 0.29) is 0 Å². The zero-order chi connectivity index (χ0) is 53.2. The zero-order valence-electron chi connectivity index (χ0n) is 38.3. The molecule has 1 amide bonds. The summed E-state index contributed by atoms with van der Waals surface area (Å²) in [4.78, 5) is 38.7. The molecule has 5 rings (SSSR count). The summed E-state index contributed by atoms with van der Waals surface area (Å²) in [7, 11) is 0. The van der Waals surface area contributed by atoms with Gasteiger partial charge in [0.2, 0.25) is 5.91 Å². The van der Waals surface area contributed by atoms with Crippen LogP contribution in [0, 0.1) is 11.8 Å². The van der Waals surface area contributed by atoms with Gasteiger partial charge < -0.3 is 140 Å². The van der Waals surface area contributed by atoms with Gasteiger partial charge >= 0.3 is 11.9 Å². The van der Waals surface area contributed by atoms with Gasteiger partial charge in [0.25, 0.3) is 11.6 Å². The van der Waals surface area contributed by atoms with E-state index < -0.39 is 228 Å². The lowest BCUT2D eigenvalue weighted by atomic mass is 9.83. The van der Waals surface area contributed by atoms with Crippen molar-refractivity contribution in [3.63, 3.8) is 0 Å². The van der Waals surface area contributed by atoms with Crippen molar-refractivity contribution in [1.82, 2.24) is 5.32 Å². The van der Waals surface area contributed by atoms with Gasteiger partial charge in [-0.25, -0.2) is 9.59 Å². The molecule has 0 saturated carbocycles. The molecule has 31 heteroatoms. The summed E-state index contributed by atoms with van der Waals surface area (Å²) in [5.74, 6) is -13.9. The number of aliphatic hydroxyl groups is 16. The lowest BCUT2D eigenvalue weighted by Gasteiger charge is -2.52. The van der Waals surface area contributed by atoms with Crippen LogP contribution >= 0.6 is 0 Å². The number of carboxylic acid groups (broad SMARTS) is 2. The molecule has 5 aliphatic heterocycles. The van der Waals surface area contributed by atoms with E-state index in [4.69, 9.17) is 42.6 Å². The maximum Gasteiger partial charge on any atom is 0.364 e. The third-order valence-electron chi connectivity index (χ3n) is 13.5. The van der Waals surface area contributed by atoms with E-state index in [2.05, 4.69) is 5.32 Å². The van der Waals surface area contributed by atoms with Crippen LogP contribution in [0.2, 0.25) is 0 Å². The minimum absolute atomic E-state index is 0.842.